The Morgan fingerprint density at radius 3 is 2.70 bits per heavy atom. The molecule has 0 aromatic rings. The van der Waals surface area contributed by atoms with Gasteiger partial charge in [-0.2, -0.15) is 0 Å². The van der Waals surface area contributed by atoms with Gasteiger partial charge in [-0.1, -0.05) is 13.0 Å². The van der Waals surface area contributed by atoms with Crippen LogP contribution in [0.3, 0.4) is 0 Å². The standard InChI is InChI=1S/C7H13BO2/c1-6-4-2-3-5-7(6)8(9)10/h5-6,9-10H,2-4H2,1H3. The fourth-order valence-electron chi connectivity index (χ4n) is 1.42. The Hall–Kier alpha value is -0.275. The molecule has 0 saturated heterocycles. The van der Waals surface area contributed by atoms with Crippen molar-refractivity contribution in [3.63, 3.8) is 0 Å². The van der Waals surface area contributed by atoms with Gasteiger partial charge in [0, 0.05) is 0 Å². The third-order valence-corrected chi connectivity index (χ3v) is 2.09. The van der Waals surface area contributed by atoms with E-state index in [2.05, 4.69) is 0 Å². The molecule has 1 aliphatic rings. The van der Waals surface area contributed by atoms with E-state index in [1.165, 1.54) is 6.42 Å². The third kappa shape index (κ3) is 1.61. The highest BCUT2D eigenvalue weighted by molar-refractivity contribution is 6.50. The molecule has 0 aromatic carbocycles. The number of hydrogen-bond donors (Lipinski definition) is 2. The summed E-state index contributed by atoms with van der Waals surface area (Å²) in [5.74, 6) is 0.355. The molecule has 0 aromatic heterocycles. The Balaban J connectivity index is 2.61. The monoisotopic (exact) mass is 140 g/mol. The summed E-state index contributed by atoms with van der Waals surface area (Å²) in [6, 6.07) is 0. The van der Waals surface area contributed by atoms with Crippen LogP contribution in [0.1, 0.15) is 26.2 Å². The Morgan fingerprint density at radius 1 is 1.60 bits per heavy atom. The Kier molecular flexibility index (Phi) is 2.52. The second kappa shape index (κ2) is 3.22. The zero-order chi connectivity index (χ0) is 7.56. The zero-order valence-electron chi connectivity index (χ0n) is 6.25. The van der Waals surface area contributed by atoms with Gasteiger partial charge in [-0.3, -0.25) is 0 Å². The molecular weight excluding hydrogens is 127 g/mol. The molecule has 1 atom stereocenters. The largest absolute Gasteiger partial charge is 0.484 e. The van der Waals surface area contributed by atoms with Crippen molar-refractivity contribution < 1.29 is 10.0 Å². The summed E-state index contributed by atoms with van der Waals surface area (Å²) >= 11 is 0. The SMILES string of the molecule is CC1CCCC=C1B(O)O. The smallest absolute Gasteiger partial charge is 0.423 e. The molecule has 56 valence electrons. The maximum Gasteiger partial charge on any atom is 0.484 e. The lowest BCUT2D eigenvalue weighted by atomic mass is 9.68. The van der Waals surface area contributed by atoms with Gasteiger partial charge >= 0.3 is 7.12 Å². The normalized spacial score (nSPS) is 25.9. The highest BCUT2D eigenvalue weighted by Crippen LogP contribution is 2.24. The first-order valence-corrected chi connectivity index (χ1v) is 3.78. The molecule has 0 bridgehead atoms. The predicted octanol–water partition coefficient (Wildman–Crippen LogP) is 0.745. The van der Waals surface area contributed by atoms with Crippen molar-refractivity contribution in [2.75, 3.05) is 0 Å². The molecule has 0 fully saturated rings. The van der Waals surface area contributed by atoms with E-state index in [-0.39, 0.29) is 0 Å². The molecule has 0 saturated carbocycles. The van der Waals surface area contributed by atoms with Crippen LogP contribution in [0.4, 0.5) is 0 Å². The zero-order valence-corrected chi connectivity index (χ0v) is 6.25. The molecule has 0 heterocycles. The van der Waals surface area contributed by atoms with Gasteiger partial charge in [0.25, 0.3) is 0 Å². The van der Waals surface area contributed by atoms with Crippen molar-refractivity contribution in [3.8, 4) is 0 Å². The van der Waals surface area contributed by atoms with Crippen molar-refractivity contribution in [1.82, 2.24) is 0 Å². The number of hydrogen-bond acceptors (Lipinski definition) is 2. The van der Waals surface area contributed by atoms with Crippen molar-refractivity contribution >= 4 is 7.12 Å². The summed E-state index contributed by atoms with van der Waals surface area (Å²) < 4.78 is 0. The first-order chi connectivity index (χ1) is 4.72. The summed E-state index contributed by atoms with van der Waals surface area (Å²) in [5.41, 5.74) is 0.797. The van der Waals surface area contributed by atoms with Crippen LogP contribution in [0.15, 0.2) is 11.5 Å². The van der Waals surface area contributed by atoms with E-state index in [4.69, 9.17) is 10.0 Å². The van der Waals surface area contributed by atoms with E-state index in [0.29, 0.717) is 5.92 Å². The Bertz CT molecular complexity index is 143. The topological polar surface area (TPSA) is 40.5 Å². The van der Waals surface area contributed by atoms with E-state index in [0.717, 1.165) is 18.3 Å². The first kappa shape index (κ1) is 7.83. The molecule has 0 aliphatic heterocycles. The maximum absolute atomic E-state index is 8.83. The molecule has 0 radical (unpaired) electrons. The molecule has 2 N–H and O–H groups in total. The summed E-state index contributed by atoms with van der Waals surface area (Å²) in [6.45, 7) is 2.03. The van der Waals surface area contributed by atoms with Gasteiger partial charge in [-0.15, -0.1) is 0 Å². The number of allylic oxidation sites excluding steroid dienone is 2. The maximum atomic E-state index is 8.83. The quantitative estimate of drug-likeness (QED) is 0.527. The molecule has 2 nitrogen and oxygen atoms in total. The van der Waals surface area contributed by atoms with Crippen LogP contribution in [0.25, 0.3) is 0 Å². The lowest BCUT2D eigenvalue weighted by Crippen LogP contribution is -2.22. The van der Waals surface area contributed by atoms with Gasteiger partial charge in [0.05, 0.1) is 0 Å². The molecular formula is C7H13BO2. The molecule has 10 heavy (non-hydrogen) atoms. The Labute approximate surface area is 61.7 Å². The first-order valence-electron chi connectivity index (χ1n) is 3.78. The van der Waals surface area contributed by atoms with E-state index < -0.39 is 7.12 Å². The minimum absolute atomic E-state index is 0.355. The molecule has 1 unspecified atom stereocenters. The van der Waals surface area contributed by atoms with Crippen LogP contribution in [0, 0.1) is 5.92 Å². The lowest BCUT2D eigenvalue weighted by Gasteiger charge is -2.19. The highest BCUT2D eigenvalue weighted by atomic mass is 16.4. The van der Waals surface area contributed by atoms with Gasteiger partial charge in [-0.05, 0) is 30.7 Å². The van der Waals surface area contributed by atoms with Gasteiger partial charge in [0.15, 0.2) is 0 Å². The summed E-state index contributed by atoms with van der Waals surface area (Å²) in [4.78, 5) is 0. The van der Waals surface area contributed by atoms with Crippen molar-refractivity contribution in [2.45, 2.75) is 26.2 Å². The minimum Gasteiger partial charge on any atom is -0.423 e. The van der Waals surface area contributed by atoms with Crippen LogP contribution >= 0.6 is 0 Å². The average molecular weight is 140 g/mol. The van der Waals surface area contributed by atoms with Crippen molar-refractivity contribution in [3.05, 3.63) is 11.5 Å². The molecule has 3 heteroatoms. The minimum atomic E-state index is -1.23. The average Bonchev–Trinajstić information content (AvgIpc) is 1.88. The molecule has 0 spiro atoms. The fraction of sp³-hybridized carbons (Fsp3) is 0.714. The summed E-state index contributed by atoms with van der Waals surface area (Å²) in [5, 5.41) is 17.7. The highest BCUT2D eigenvalue weighted by Gasteiger charge is 2.22. The van der Waals surface area contributed by atoms with Crippen LogP contribution < -0.4 is 0 Å². The summed E-state index contributed by atoms with van der Waals surface area (Å²) in [7, 11) is -1.23. The molecule has 0 amide bonds. The van der Waals surface area contributed by atoms with Crippen LogP contribution in [-0.2, 0) is 0 Å². The predicted molar refractivity (Wildman–Crippen MR) is 41.3 cm³/mol. The van der Waals surface area contributed by atoms with E-state index in [1.807, 2.05) is 13.0 Å². The molecule has 1 aliphatic carbocycles. The second-order valence-corrected chi connectivity index (χ2v) is 2.91. The van der Waals surface area contributed by atoms with Gasteiger partial charge < -0.3 is 10.0 Å². The molecule has 1 rings (SSSR count). The van der Waals surface area contributed by atoms with Crippen molar-refractivity contribution in [1.29, 1.82) is 0 Å². The lowest BCUT2D eigenvalue weighted by molar-refractivity contribution is 0.403. The van der Waals surface area contributed by atoms with Crippen LogP contribution in [0.2, 0.25) is 0 Å². The van der Waals surface area contributed by atoms with Crippen LogP contribution in [-0.4, -0.2) is 17.2 Å². The third-order valence-electron chi connectivity index (χ3n) is 2.09. The van der Waals surface area contributed by atoms with E-state index >= 15 is 0 Å². The fourth-order valence-corrected chi connectivity index (χ4v) is 1.42. The van der Waals surface area contributed by atoms with Crippen LogP contribution in [0.5, 0.6) is 0 Å². The Morgan fingerprint density at radius 2 is 2.30 bits per heavy atom. The second-order valence-electron chi connectivity index (χ2n) is 2.91. The van der Waals surface area contributed by atoms with Gasteiger partial charge in [-0.25, -0.2) is 0 Å². The van der Waals surface area contributed by atoms with E-state index in [1.54, 1.807) is 0 Å². The van der Waals surface area contributed by atoms with E-state index in [9.17, 15) is 0 Å². The van der Waals surface area contributed by atoms with Crippen molar-refractivity contribution in [2.24, 2.45) is 5.92 Å². The summed E-state index contributed by atoms with van der Waals surface area (Å²) in [6.07, 6.45) is 5.21. The van der Waals surface area contributed by atoms with Gasteiger partial charge in [0.2, 0.25) is 0 Å². The van der Waals surface area contributed by atoms with Gasteiger partial charge in [0.1, 0.15) is 0 Å². The number of rotatable bonds is 1.